The number of nitrogens with one attached hydrogen (secondary N) is 1. The van der Waals surface area contributed by atoms with E-state index in [4.69, 9.17) is 11.6 Å². The Kier molecular flexibility index (Phi) is 5.07. The SMILES string of the molecule is O=C(Cn1ccc(C(F)(F)F)n1)NCCc1ccc(Cl)cc1. The lowest BCUT2D eigenvalue weighted by Crippen LogP contribution is -2.29. The second kappa shape index (κ2) is 6.83. The van der Waals surface area contributed by atoms with E-state index in [1.54, 1.807) is 12.1 Å². The Morgan fingerprint density at radius 2 is 1.91 bits per heavy atom. The fourth-order valence-corrected chi connectivity index (χ4v) is 1.93. The largest absolute Gasteiger partial charge is 0.435 e. The molecule has 1 aromatic heterocycles. The first kappa shape index (κ1) is 16.4. The van der Waals surface area contributed by atoms with Gasteiger partial charge in [-0.05, 0) is 30.2 Å². The van der Waals surface area contributed by atoms with Crippen LogP contribution in [0.1, 0.15) is 11.3 Å². The quantitative estimate of drug-likeness (QED) is 0.915. The molecular formula is C14H13ClF3N3O. The lowest BCUT2D eigenvalue weighted by atomic mass is 10.1. The predicted molar refractivity (Wildman–Crippen MR) is 75.4 cm³/mol. The Balaban J connectivity index is 1.78. The van der Waals surface area contributed by atoms with Crippen molar-refractivity contribution in [1.82, 2.24) is 15.1 Å². The van der Waals surface area contributed by atoms with Gasteiger partial charge in [0.25, 0.3) is 0 Å². The second-order valence-corrected chi connectivity index (χ2v) is 5.06. The molecule has 1 aromatic carbocycles. The topological polar surface area (TPSA) is 46.9 Å². The second-order valence-electron chi connectivity index (χ2n) is 4.62. The number of hydrogen-bond acceptors (Lipinski definition) is 2. The average Bonchev–Trinajstić information content (AvgIpc) is 2.89. The minimum atomic E-state index is -4.50. The fraction of sp³-hybridized carbons (Fsp3) is 0.286. The Hall–Kier alpha value is -2.02. The van der Waals surface area contributed by atoms with Crippen molar-refractivity contribution in [2.24, 2.45) is 0 Å². The highest BCUT2D eigenvalue weighted by Gasteiger charge is 2.33. The monoisotopic (exact) mass is 331 g/mol. The van der Waals surface area contributed by atoms with Crippen molar-refractivity contribution >= 4 is 17.5 Å². The molecule has 1 N–H and O–H groups in total. The molecule has 0 radical (unpaired) electrons. The van der Waals surface area contributed by atoms with Crippen LogP contribution in [0.2, 0.25) is 5.02 Å². The maximum Gasteiger partial charge on any atom is 0.435 e. The number of alkyl halides is 3. The molecular weight excluding hydrogens is 319 g/mol. The first-order chi connectivity index (χ1) is 10.3. The van der Waals surface area contributed by atoms with Gasteiger partial charge in [0, 0.05) is 17.8 Å². The van der Waals surface area contributed by atoms with E-state index in [9.17, 15) is 18.0 Å². The zero-order valence-electron chi connectivity index (χ0n) is 11.4. The summed E-state index contributed by atoms with van der Waals surface area (Å²) in [4.78, 5) is 11.6. The number of aromatic nitrogens is 2. The molecule has 0 atom stereocenters. The first-order valence-electron chi connectivity index (χ1n) is 6.46. The highest BCUT2D eigenvalue weighted by atomic mass is 35.5. The maximum absolute atomic E-state index is 12.4. The van der Waals surface area contributed by atoms with Crippen LogP contribution in [0.4, 0.5) is 13.2 Å². The van der Waals surface area contributed by atoms with Crippen molar-refractivity contribution in [3.63, 3.8) is 0 Å². The summed E-state index contributed by atoms with van der Waals surface area (Å²) in [5.41, 5.74) is -0.00962. The number of benzene rings is 1. The summed E-state index contributed by atoms with van der Waals surface area (Å²) in [7, 11) is 0. The summed E-state index contributed by atoms with van der Waals surface area (Å²) in [6.07, 6.45) is -2.77. The van der Waals surface area contributed by atoms with E-state index in [-0.39, 0.29) is 6.54 Å². The van der Waals surface area contributed by atoms with E-state index in [0.717, 1.165) is 22.5 Å². The number of rotatable bonds is 5. The Labute approximate surface area is 129 Å². The molecule has 22 heavy (non-hydrogen) atoms. The van der Waals surface area contributed by atoms with Crippen LogP contribution in [-0.4, -0.2) is 22.2 Å². The molecule has 8 heteroatoms. The van der Waals surface area contributed by atoms with Gasteiger partial charge in [0.1, 0.15) is 6.54 Å². The summed E-state index contributed by atoms with van der Waals surface area (Å²) in [6.45, 7) is 0.130. The molecule has 0 aliphatic carbocycles. The van der Waals surface area contributed by atoms with E-state index in [1.807, 2.05) is 12.1 Å². The molecule has 2 rings (SSSR count). The third-order valence-electron chi connectivity index (χ3n) is 2.89. The van der Waals surface area contributed by atoms with Crippen molar-refractivity contribution < 1.29 is 18.0 Å². The first-order valence-corrected chi connectivity index (χ1v) is 6.84. The van der Waals surface area contributed by atoms with Gasteiger partial charge in [-0.1, -0.05) is 23.7 Å². The molecule has 4 nitrogen and oxygen atoms in total. The van der Waals surface area contributed by atoms with Crippen LogP contribution in [0.25, 0.3) is 0 Å². The summed E-state index contributed by atoms with van der Waals surface area (Å²) in [6, 6.07) is 8.03. The lowest BCUT2D eigenvalue weighted by molar-refractivity contribution is -0.141. The summed E-state index contributed by atoms with van der Waals surface area (Å²) < 4.78 is 38.1. The smallest absolute Gasteiger partial charge is 0.354 e. The molecule has 2 aromatic rings. The van der Waals surface area contributed by atoms with Crippen molar-refractivity contribution in [1.29, 1.82) is 0 Å². The van der Waals surface area contributed by atoms with E-state index < -0.39 is 17.8 Å². The highest BCUT2D eigenvalue weighted by molar-refractivity contribution is 6.30. The van der Waals surface area contributed by atoms with Crippen molar-refractivity contribution in [3.8, 4) is 0 Å². The zero-order valence-corrected chi connectivity index (χ0v) is 12.2. The summed E-state index contributed by atoms with van der Waals surface area (Å²) in [5.74, 6) is -0.397. The Morgan fingerprint density at radius 3 is 2.50 bits per heavy atom. The molecule has 0 saturated carbocycles. The van der Waals surface area contributed by atoms with Crippen LogP contribution in [0, 0.1) is 0 Å². The van der Waals surface area contributed by atoms with Crippen molar-refractivity contribution in [3.05, 3.63) is 52.8 Å². The Bertz CT molecular complexity index is 638. The summed E-state index contributed by atoms with van der Waals surface area (Å²) >= 11 is 5.76. The van der Waals surface area contributed by atoms with E-state index in [2.05, 4.69) is 10.4 Å². The van der Waals surface area contributed by atoms with Crippen molar-refractivity contribution in [2.45, 2.75) is 19.1 Å². The van der Waals surface area contributed by atoms with Gasteiger partial charge in [0.05, 0.1) is 0 Å². The number of halogens is 4. The van der Waals surface area contributed by atoms with Gasteiger partial charge in [-0.3, -0.25) is 9.48 Å². The average molecular weight is 332 g/mol. The molecule has 0 spiro atoms. The zero-order chi connectivity index (χ0) is 16.2. The van der Waals surface area contributed by atoms with Crippen LogP contribution in [0.5, 0.6) is 0 Å². The molecule has 118 valence electrons. The molecule has 0 aliphatic rings. The van der Waals surface area contributed by atoms with Gasteiger partial charge in [-0.15, -0.1) is 0 Å². The van der Waals surface area contributed by atoms with Gasteiger partial charge < -0.3 is 5.32 Å². The number of nitrogens with zero attached hydrogens (tertiary/aromatic N) is 2. The number of carbonyl (C=O) groups excluding carboxylic acids is 1. The van der Waals surface area contributed by atoms with Gasteiger partial charge in [0.15, 0.2) is 5.69 Å². The molecule has 0 saturated heterocycles. The Morgan fingerprint density at radius 1 is 1.23 bits per heavy atom. The highest BCUT2D eigenvalue weighted by Crippen LogP contribution is 2.27. The van der Waals surface area contributed by atoms with E-state index in [1.165, 1.54) is 0 Å². The summed E-state index contributed by atoms with van der Waals surface area (Å²) in [5, 5.41) is 6.57. The fourth-order valence-electron chi connectivity index (χ4n) is 1.80. The van der Waals surface area contributed by atoms with Crippen molar-refractivity contribution in [2.75, 3.05) is 6.54 Å². The minimum Gasteiger partial charge on any atom is -0.354 e. The van der Waals surface area contributed by atoms with E-state index in [0.29, 0.717) is 18.0 Å². The molecule has 0 aliphatic heterocycles. The standard InChI is InChI=1S/C14H13ClF3N3O/c15-11-3-1-10(2-4-11)5-7-19-13(22)9-21-8-6-12(20-21)14(16,17)18/h1-4,6,8H,5,7,9H2,(H,19,22). The predicted octanol–water partition coefficient (Wildman–Crippen LogP) is 2.91. The number of carbonyl (C=O) groups is 1. The van der Waals surface area contributed by atoms with Crippen LogP contribution >= 0.6 is 11.6 Å². The molecule has 0 bridgehead atoms. The normalized spacial score (nSPS) is 11.5. The minimum absolute atomic E-state index is 0.253. The van der Waals surface area contributed by atoms with E-state index >= 15 is 0 Å². The number of hydrogen-bond donors (Lipinski definition) is 1. The van der Waals surface area contributed by atoms with Gasteiger partial charge >= 0.3 is 6.18 Å². The van der Waals surface area contributed by atoms with Gasteiger partial charge in [0.2, 0.25) is 5.91 Å². The van der Waals surface area contributed by atoms with Gasteiger partial charge in [-0.25, -0.2) is 0 Å². The molecule has 1 amide bonds. The third kappa shape index (κ3) is 4.77. The lowest BCUT2D eigenvalue weighted by Gasteiger charge is -2.06. The number of amides is 1. The van der Waals surface area contributed by atoms with Gasteiger partial charge in [-0.2, -0.15) is 18.3 Å². The molecule has 0 fully saturated rings. The van der Waals surface area contributed by atoms with Crippen LogP contribution in [0.15, 0.2) is 36.5 Å². The molecule has 0 unspecified atom stereocenters. The van der Waals surface area contributed by atoms with Crippen LogP contribution in [0.3, 0.4) is 0 Å². The molecule has 1 heterocycles. The van der Waals surface area contributed by atoms with Crippen LogP contribution < -0.4 is 5.32 Å². The maximum atomic E-state index is 12.4. The third-order valence-corrected chi connectivity index (χ3v) is 3.14. The van der Waals surface area contributed by atoms with Crippen LogP contribution in [-0.2, 0) is 23.9 Å².